The molecule has 1 amide bonds. The number of rotatable bonds is 5. The Morgan fingerprint density at radius 2 is 1.83 bits per heavy atom. The van der Waals surface area contributed by atoms with Crippen LogP contribution in [0.15, 0.2) is 72.9 Å². The van der Waals surface area contributed by atoms with Gasteiger partial charge in [0, 0.05) is 40.6 Å². The van der Waals surface area contributed by atoms with Crippen LogP contribution < -0.4 is 5.32 Å². The van der Waals surface area contributed by atoms with Crippen LogP contribution in [0, 0.1) is 0 Å². The van der Waals surface area contributed by atoms with Gasteiger partial charge in [-0.2, -0.15) is 0 Å². The van der Waals surface area contributed by atoms with Gasteiger partial charge in [-0.1, -0.05) is 30.3 Å². The van der Waals surface area contributed by atoms with Gasteiger partial charge in [0.1, 0.15) is 0 Å². The average molecular weight is 395 g/mol. The van der Waals surface area contributed by atoms with Crippen LogP contribution in [0.5, 0.6) is 0 Å². The first-order chi connectivity index (χ1) is 14.7. The molecule has 0 aliphatic carbocycles. The molecule has 0 bridgehead atoms. The molecule has 0 unspecified atom stereocenters. The molecule has 30 heavy (non-hydrogen) atoms. The number of amides is 1. The number of hydrogen-bond donors (Lipinski definition) is 1. The number of benzene rings is 2. The van der Waals surface area contributed by atoms with E-state index in [9.17, 15) is 4.79 Å². The van der Waals surface area contributed by atoms with E-state index in [1.165, 1.54) is 21.8 Å². The Morgan fingerprint density at radius 3 is 2.73 bits per heavy atom. The first-order valence-corrected chi connectivity index (χ1v) is 10.00. The largest absolute Gasteiger partial charge is 0.345 e. The van der Waals surface area contributed by atoms with Crippen LogP contribution in [0.3, 0.4) is 0 Å². The van der Waals surface area contributed by atoms with Crippen LogP contribution in [0.1, 0.15) is 18.3 Å². The second kappa shape index (κ2) is 7.48. The quantitative estimate of drug-likeness (QED) is 0.454. The van der Waals surface area contributed by atoms with E-state index < -0.39 is 0 Å². The van der Waals surface area contributed by atoms with E-state index >= 15 is 0 Å². The molecule has 0 fully saturated rings. The van der Waals surface area contributed by atoms with Crippen LogP contribution in [0.2, 0.25) is 0 Å². The molecular weight excluding hydrogens is 374 g/mol. The lowest BCUT2D eigenvalue weighted by Crippen LogP contribution is -2.21. The van der Waals surface area contributed by atoms with Crippen molar-refractivity contribution in [2.45, 2.75) is 20.0 Å². The number of hydrogen-bond acceptors (Lipinski definition) is 3. The number of nitrogens with zero attached hydrogens (tertiary/aromatic N) is 4. The summed E-state index contributed by atoms with van der Waals surface area (Å²) in [7, 11) is 0. The van der Waals surface area contributed by atoms with E-state index in [2.05, 4.69) is 63.4 Å². The van der Waals surface area contributed by atoms with Crippen molar-refractivity contribution in [3.63, 3.8) is 0 Å². The fraction of sp³-hybridized carbons (Fsp3) is 0.125. The van der Waals surface area contributed by atoms with E-state index in [4.69, 9.17) is 0 Å². The van der Waals surface area contributed by atoms with Gasteiger partial charge >= 0.3 is 0 Å². The number of carbonyl (C=O) groups excluding carboxylic acids is 1. The lowest BCUT2D eigenvalue weighted by atomic mass is 10.1. The smallest absolute Gasteiger partial charge is 0.244 e. The van der Waals surface area contributed by atoms with Gasteiger partial charge in [0.25, 0.3) is 0 Å². The molecule has 0 aliphatic heterocycles. The van der Waals surface area contributed by atoms with Crippen molar-refractivity contribution < 1.29 is 4.79 Å². The van der Waals surface area contributed by atoms with Gasteiger partial charge in [0.2, 0.25) is 5.91 Å². The summed E-state index contributed by atoms with van der Waals surface area (Å²) in [6.45, 7) is 3.39. The molecular formula is C24H21N5O. The molecule has 0 radical (unpaired) electrons. The van der Waals surface area contributed by atoms with Gasteiger partial charge in [-0.05, 0) is 48.9 Å². The van der Waals surface area contributed by atoms with Gasteiger partial charge < -0.3 is 9.88 Å². The van der Waals surface area contributed by atoms with E-state index in [-0.39, 0.29) is 5.91 Å². The number of para-hydroxylation sites is 1. The molecule has 0 spiro atoms. The summed E-state index contributed by atoms with van der Waals surface area (Å²) in [6, 6.07) is 20.4. The van der Waals surface area contributed by atoms with E-state index in [0.717, 1.165) is 17.8 Å². The molecule has 1 N–H and O–H groups in total. The van der Waals surface area contributed by atoms with Crippen molar-refractivity contribution in [3.8, 4) is 0 Å². The van der Waals surface area contributed by atoms with Crippen molar-refractivity contribution in [1.29, 1.82) is 0 Å². The van der Waals surface area contributed by atoms with Crippen LogP contribution in [0.25, 0.3) is 33.5 Å². The molecule has 6 nitrogen and oxygen atoms in total. The molecule has 5 aromatic rings. The van der Waals surface area contributed by atoms with Crippen LogP contribution >= 0.6 is 0 Å². The Kier molecular flexibility index (Phi) is 4.52. The highest BCUT2D eigenvalue weighted by Crippen LogP contribution is 2.29. The number of fused-ring (bicyclic) bond motifs is 4. The van der Waals surface area contributed by atoms with Gasteiger partial charge in [0.15, 0.2) is 11.5 Å². The molecule has 0 atom stereocenters. The second-order valence-corrected chi connectivity index (χ2v) is 7.13. The van der Waals surface area contributed by atoms with Crippen molar-refractivity contribution in [2.75, 3.05) is 0 Å². The summed E-state index contributed by atoms with van der Waals surface area (Å²) >= 11 is 0. The van der Waals surface area contributed by atoms with Crippen LogP contribution in [-0.4, -0.2) is 25.1 Å². The molecule has 0 saturated carbocycles. The molecule has 3 aromatic heterocycles. The fourth-order valence-corrected chi connectivity index (χ4v) is 3.92. The summed E-state index contributed by atoms with van der Waals surface area (Å²) in [5.74, 6) is 0.528. The number of aryl methyl sites for hydroxylation is 1. The van der Waals surface area contributed by atoms with Crippen LogP contribution in [-0.2, 0) is 17.9 Å². The van der Waals surface area contributed by atoms with Crippen LogP contribution in [0.4, 0.5) is 0 Å². The molecule has 0 saturated heterocycles. The van der Waals surface area contributed by atoms with Crippen molar-refractivity contribution in [1.82, 2.24) is 24.5 Å². The third kappa shape index (κ3) is 3.12. The average Bonchev–Trinajstić information content (AvgIpc) is 3.34. The predicted octanol–water partition coefficient (Wildman–Crippen LogP) is 4.19. The Labute approximate surface area is 173 Å². The SMILES string of the molecule is CCn1c2ccccc2c2cc(/C=C/C(=O)NCc3nnc4ccccn34)ccc21. The second-order valence-electron chi connectivity index (χ2n) is 7.13. The Bertz CT molecular complexity index is 1410. The minimum absolute atomic E-state index is 0.168. The minimum Gasteiger partial charge on any atom is -0.345 e. The summed E-state index contributed by atoms with van der Waals surface area (Å²) in [6.07, 6.45) is 5.28. The summed E-state index contributed by atoms with van der Waals surface area (Å²) < 4.78 is 4.18. The normalized spacial score (nSPS) is 11.8. The number of nitrogens with one attached hydrogen (secondary N) is 1. The monoisotopic (exact) mass is 395 g/mol. The first kappa shape index (κ1) is 18.1. The molecule has 6 heteroatoms. The van der Waals surface area contributed by atoms with Gasteiger partial charge in [-0.25, -0.2) is 0 Å². The predicted molar refractivity (Wildman–Crippen MR) is 119 cm³/mol. The zero-order chi connectivity index (χ0) is 20.5. The lowest BCUT2D eigenvalue weighted by Gasteiger charge is -2.03. The van der Waals surface area contributed by atoms with Gasteiger partial charge in [-0.3, -0.25) is 9.20 Å². The fourth-order valence-electron chi connectivity index (χ4n) is 3.92. The molecule has 3 heterocycles. The number of pyridine rings is 1. The number of aromatic nitrogens is 4. The van der Waals surface area contributed by atoms with E-state index in [1.54, 1.807) is 6.08 Å². The van der Waals surface area contributed by atoms with Crippen molar-refractivity contribution >= 4 is 39.4 Å². The Balaban J connectivity index is 1.36. The Morgan fingerprint density at radius 1 is 1.00 bits per heavy atom. The molecule has 0 aliphatic rings. The summed E-state index contributed by atoms with van der Waals surface area (Å²) in [5.41, 5.74) is 4.19. The Hall–Kier alpha value is -3.93. The number of carbonyl (C=O) groups is 1. The van der Waals surface area contributed by atoms with E-state index in [1.807, 2.05) is 40.9 Å². The third-order valence-electron chi connectivity index (χ3n) is 5.34. The third-order valence-corrected chi connectivity index (χ3v) is 5.34. The summed E-state index contributed by atoms with van der Waals surface area (Å²) in [4.78, 5) is 12.3. The summed E-state index contributed by atoms with van der Waals surface area (Å²) in [5, 5.41) is 13.5. The van der Waals surface area contributed by atoms with Gasteiger partial charge in [0.05, 0.1) is 6.54 Å². The maximum atomic E-state index is 12.3. The van der Waals surface area contributed by atoms with Crippen molar-refractivity contribution in [2.24, 2.45) is 0 Å². The molecule has 5 rings (SSSR count). The standard InChI is InChI=1S/C24H21N5O/c1-2-28-20-8-4-3-7-18(20)19-15-17(10-12-21(19)28)11-13-24(30)25-16-23-27-26-22-9-5-6-14-29(22)23/h3-15H,2,16H2,1H3,(H,25,30)/b13-11+. The van der Waals surface area contributed by atoms with Crippen molar-refractivity contribution in [3.05, 3.63) is 84.3 Å². The molecule has 148 valence electrons. The zero-order valence-electron chi connectivity index (χ0n) is 16.6. The zero-order valence-corrected chi connectivity index (χ0v) is 16.6. The highest BCUT2D eigenvalue weighted by Gasteiger charge is 2.09. The topological polar surface area (TPSA) is 64.2 Å². The minimum atomic E-state index is -0.168. The maximum Gasteiger partial charge on any atom is 0.244 e. The lowest BCUT2D eigenvalue weighted by molar-refractivity contribution is -0.116. The highest BCUT2D eigenvalue weighted by molar-refractivity contribution is 6.08. The van der Waals surface area contributed by atoms with E-state index in [0.29, 0.717) is 12.4 Å². The highest BCUT2D eigenvalue weighted by atomic mass is 16.1. The maximum absolute atomic E-state index is 12.3. The van der Waals surface area contributed by atoms with Gasteiger partial charge in [-0.15, -0.1) is 10.2 Å². The molecule has 2 aromatic carbocycles. The first-order valence-electron chi connectivity index (χ1n) is 10.00.